The normalized spacial score (nSPS) is 23.1. The molecule has 2 unspecified atom stereocenters. The maximum absolute atomic E-state index is 11.9. The Morgan fingerprint density at radius 2 is 2.23 bits per heavy atom. The molecule has 2 atom stereocenters. The number of carbonyl (C=O) groups excluding carboxylic acids is 3. The Bertz CT molecular complexity index is 644. The average Bonchev–Trinajstić information content (AvgIpc) is 2.92. The summed E-state index contributed by atoms with van der Waals surface area (Å²) in [6, 6.07) is 4.92. The van der Waals surface area contributed by atoms with Crippen LogP contribution < -0.4 is 20.7 Å². The lowest BCUT2D eigenvalue weighted by Crippen LogP contribution is -2.41. The molecule has 1 fully saturated rings. The van der Waals surface area contributed by atoms with Crippen LogP contribution >= 0.6 is 0 Å². The second-order valence-corrected chi connectivity index (χ2v) is 5.46. The predicted molar refractivity (Wildman–Crippen MR) is 78.2 cm³/mol. The Morgan fingerprint density at radius 1 is 1.41 bits per heavy atom. The van der Waals surface area contributed by atoms with Gasteiger partial charge in [0.25, 0.3) is 5.91 Å². The molecule has 22 heavy (non-hydrogen) atoms. The molecule has 116 valence electrons. The minimum absolute atomic E-state index is 0.0945. The summed E-state index contributed by atoms with van der Waals surface area (Å²) < 4.78 is 5.47. The zero-order chi connectivity index (χ0) is 15.7. The zero-order valence-corrected chi connectivity index (χ0v) is 12.1. The maximum Gasteiger partial charge on any atom is 0.265 e. The quantitative estimate of drug-likeness (QED) is 0.748. The Labute approximate surface area is 127 Å². The van der Waals surface area contributed by atoms with Crippen LogP contribution in [0.4, 0.5) is 5.69 Å². The number of anilines is 1. The minimum Gasteiger partial charge on any atom is -0.479 e. The van der Waals surface area contributed by atoms with E-state index in [9.17, 15) is 14.4 Å². The molecule has 1 aromatic rings. The molecule has 0 radical (unpaired) electrons. The number of fused-ring (bicyclic) bond motifs is 1. The molecule has 0 saturated carbocycles. The summed E-state index contributed by atoms with van der Waals surface area (Å²) in [5.74, 6) is 0.132. The summed E-state index contributed by atoms with van der Waals surface area (Å²) in [5, 5.41) is 8.17. The van der Waals surface area contributed by atoms with Crippen molar-refractivity contribution in [2.45, 2.75) is 38.5 Å². The second kappa shape index (κ2) is 5.67. The first-order valence-corrected chi connectivity index (χ1v) is 7.20. The fourth-order valence-corrected chi connectivity index (χ4v) is 2.49. The van der Waals surface area contributed by atoms with Crippen molar-refractivity contribution in [2.24, 2.45) is 0 Å². The van der Waals surface area contributed by atoms with Crippen molar-refractivity contribution < 1.29 is 19.1 Å². The van der Waals surface area contributed by atoms with E-state index in [0.717, 1.165) is 5.56 Å². The minimum atomic E-state index is -0.510. The lowest BCUT2D eigenvalue weighted by atomic mass is 10.1. The molecule has 2 aliphatic heterocycles. The highest BCUT2D eigenvalue weighted by molar-refractivity contribution is 5.97. The number of rotatable bonds is 3. The standard InChI is InChI=1S/C15H17N3O4/c1-8-14(20)18-11-6-9(2-4-12(11)22-8)7-16-15(21)10-3-5-13(19)17-10/h2,4,6,8,10H,3,5,7H2,1H3,(H,16,21)(H,17,19)(H,18,20). The molecule has 2 heterocycles. The van der Waals surface area contributed by atoms with Gasteiger partial charge in [-0.2, -0.15) is 0 Å². The lowest BCUT2D eigenvalue weighted by molar-refractivity contribution is -0.125. The lowest BCUT2D eigenvalue weighted by Gasteiger charge is -2.23. The van der Waals surface area contributed by atoms with Gasteiger partial charge in [-0.15, -0.1) is 0 Å². The van der Waals surface area contributed by atoms with Crippen LogP contribution in [-0.4, -0.2) is 29.9 Å². The van der Waals surface area contributed by atoms with E-state index in [-0.39, 0.29) is 17.7 Å². The van der Waals surface area contributed by atoms with Crippen molar-refractivity contribution in [3.63, 3.8) is 0 Å². The Balaban J connectivity index is 1.62. The van der Waals surface area contributed by atoms with Gasteiger partial charge in [-0.3, -0.25) is 14.4 Å². The fraction of sp³-hybridized carbons (Fsp3) is 0.400. The first-order chi connectivity index (χ1) is 10.5. The summed E-state index contributed by atoms with van der Waals surface area (Å²) in [6.45, 7) is 2.01. The molecule has 3 amide bonds. The van der Waals surface area contributed by atoms with Crippen molar-refractivity contribution >= 4 is 23.4 Å². The maximum atomic E-state index is 11.9. The summed E-state index contributed by atoms with van der Waals surface area (Å²) >= 11 is 0. The molecule has 0 bridgehead atoms. The van der Waals surface area contributed by atoms with Crippen LogP contribution in [0.5, 0.6) is 5.75 Å². The number of nitrogens with one attached hydrogen (secondary N) is 3. The Hall–Kier alpha value is -2.57. The van der Waals surface area contributed by atoms with Crippen molar-refractivity contribution in [1.82, 2.24) is 10.6 Å². The third kappa shape index (κ3) is 2.88. The van der Waals surface area contributed by atoms with Crippen molar-refractivity contribution in [1.29, 1.82) is 0 Å². The highest BCUT2D eigenvalue weighted by Crippen LogP contribution is 2.30. The number of carbonyl (C=O) groups is 3. The van der Waals surface area contributed by atoms with Gasteiger partial charge in [-0.25, -0.2) is 0 Å². The van der Waals surface area contributed by atoms with E-state index < -0.39 is 12.1 Å². The molecule has 3 N–H and O–H groups in total. The van der Waals surface area contributed by atoms with Crippen LogP contribution in [-0.2, 0) is 20.9 Å². The molecular formula is C15H17N3O4. The highest BCUT2D eigenvalue weighted by Gasteiger charge is 2.27. The molecule has 3 rings (SSSR count). The fourth-order valence-electron chi connectivity index (χ4n) is 2.49. The third-order valence-electron chi connectivity index (χ3n) is 3.75. The number of amides is 3. The summed E-state index contributed by atoms with van der Waals surface area (Å²) in [4.78, 5) is 34.6. The van der Waals surface area contributed by atoms with Crippen LogP contribution in [0, 0.1) is 0 Å². The third-order valence-corrected chi connectivity index (χ3v) is 3.75. The van der Waals surface area contributed by atoms with E-state index in [4.69, 9.17) is 4.74 Å². The Morgan fingerprint density at radius 3 is 2.95 bits per heavy atom. The van der Waals surface area contributed by atoms with Crippen molar-refractivity contribution in [3.05, 3.63) is 23.8 Å². The molecule has 1 aromatic carbocycles. The number of hydrogen-bond acceptors (Lipinski definition) is 4. The van der Waals surface area contributed by atoms with Crippen LogP contribution in [0.1, 0.15) is 25.3 Å². The molecule has 0 spiro atoms. The summed E-state index contributed by atoms with van der Waals surface area (Å²) in [7, 11) is 0. The van der Waals surface area contributed by atoms with Crippen molar-refractivity contribution in [2.75, 3.05) is 5.32 Å². The number of ether oxygens (including phenoxy) is 1. The first-order valence-electron chi connectivity index (χ1n) is 7.20. The molecular weight excluding hydrogens is 286 g/mol. The SMILES string of the molecule is CC1Oc2ccc(CNC(=O)C3CCC(=O)N3)cc2NC1=O. The molecule has 7 nitrogen and oxygen atoms in total. The van der Waals surface area contributed by atoms with E-state index >= 15 is 0 Å². The molecule has 2 aliphatic rings. The van der Waals surface area contributed by atoms with E-state index in [1.54, 1.807) is 19.1 Å². The number of hydrogen-bond donors (Lipinski definition) is 3. The highest BCUT2D eigenvalue weighted by atomic mass is 16.5. The van der Waals surface area contributed by atoms with Gasteiger partial charge in [0.05, 0.1) is 5.69 Å². The molecule has 1 saturated heterocycles. The van der Waals surface area contributed by atoms with Crippen molar-refractivity contribution in [3.8, 4) is 5.75 Å². The molecule has 0 aliphatic carbocycles. The van der Waals surface area contributed by atoms with Gasteiger partial charge in [-0.05, 0) is 31.0 Å². The van der Waals surface area contributed by atoms with Crippen LogP contribution in [0.2, 0.25) is 0 Å². The van der Waals surface area contributed by atoms with E-state index in [2.05, 4.69) is 16.0 Å². The van der Waals surface area contributed by atoms with E-state index in [1.165, 1.54) is 0 Å². The number of benzene rings is 1. The smallest absolute Gasteiger partial charge is 0.265 e. The van der Waals surface area contributed by atoms with Gasteiger partial charge in [0.2, 0.25) is 11.8 Å². The van der Waals surface area contributed by atoms with Gasteiger partial charge in [0, 0.05) is 13.0 Å². The second-order valence-electron chi connectivity index (χ2n) is 5.46. The van der Waals surface area contributed by atoms with Gasteiger partial charge < -0.3 is 20.7 Å². The summed E-state index contributed by atoms with van der Waals surface area (Å²) in [6.07, 6.45) is 0.402. The largest absolute Gasteiger partial charge is 0.479 e. The Kier molecular flexibility index (Phi) is 3.70. The van der Waals surface area contributed by atoms with Gasteiger partial charge in [0.1, 0.15) is 11.8 Å². The van der Waals surface area contributed by atoms with Crippen LogP contribution in [0.25, 0.3) is 0 Å². The summed E-state index contributed by atoms with van der Waals surface area (Å²) in [5.41, 5.74) is 1.44. The average molecular weight is 303 g/mol. The van der Waals surface area contributed by atoms with Gasteiger partial charge in [-0.1, -0.05) is 6.07 Å². The van der Waals surface area contributed by atoms with Crippen LogP contribution in [0.15, 0.2) is 18.2 Å². The first kappa shape index (κ1) is 14.4. The zero-order valence-electron chi connectivity index (χ0n) is 12.1. The monoisotopic (exact) mass is 303 g/mol. The molecule has 7 heteroatoms. The van der Waals surface area contributed by atoms with E-state index in [1.807, 2.05) is 6.07 Å². The topological polar surface area (TPSA) is 96.5 Å². The molecule has 0 aromatic heterocycles. The predicted octanol–water partition coefficient (Wildman–Crippen LogP) is 0.301. The van der Waals surface area contributed by atoms with Gasteiger partial charge >= 0.3 is 0 Å². The van der Waals surface area contributed by atoms with E-state index in [0.29, 0.717) is 30.8 Å². The van der Waals surface area contributed by atoms with Crippen LogP contribution in [0.3, 0.4) is 0 Å². The van der Waals surface area contributed by atoms with Gasteiger partial charge in [0.15, 0.2) is 6.10 Å².